The van der Waals surface area contributed by atoms with E-state index >= 15 is 0 Å². The lowest BCUT2D eigenvalue weighted by Gasteiger charge is -2.32. The zero-order valence-electron chi connectivity index (χ0n) is 19.2. The molecule has 10 heteroatoms. The number of ether oxygens (including phenoxy) is 2. The molecule has 1 aromatic carbocycles. The molecule has 2 heterocycles. The number of nitrogens with zero attached hydrogens (tertiary/aromatic N) is 2. The van der Waals surface area contributed by atoms with Crippen molar-refractivity contribution in [3.05, 3.63) is 46.4 Å². The number of thiol groups is 1. The second-order valence-corrected chi connectivity index (χ2v) is 8.83. The molecule has 0 bridgehead atoms. The van der Waals surface area contributed by atoms with Crippen molar-refractivity contribution in [2.75, 3.05) is 26.2 Å². The smallest absolute Gasteiger partial charge is 0.254 e. The third kappa shape index (κ3) is 6.58. The average Bonchev–Trinajstić information content (AvgIpc) is 2.77. The largest absolute Gasteiger partial charge is 0.493 e. The molecule has 0 radical (unpaired) electrons. The van der Waals surface area contributed by atoms with Crippen LogP contribution in [0.1, 0.15) is 32.3 Å². The highest BCUT2D eigenvalue weighted by molar-refractivity contribution is 7.70. The minimum Gasteiger partial charge on any atom is -0.493 e. The summed E-state index contributed by atoms with van der Waals surface area (Å²) in [4.78, 5) is 25.7. The number of piperidine rings is 1. The summed E-state index contributed by atoms with van der Waals surface area (Å²) >= 11 is 0. The molecule has 0 spiro atoms. The molecule has 0 unspecified atom stereocenters. The van der Waals surface area contributed by atoms with Crippen LogP contribution in [0.15, 0.2) is 35.3 Å². The Bertz CT molecular complexity index is 1110. The Labute approximate surface area is 195 Å². The van der Waals surface area contributed by atoms with Gasteiger partial charge < -0.3 is 18.9 Å². The normalized spacial score (nSPS) is 14.5. The Hall–Kier alpha value is -2.85. The van der Waals surface area contributed by atoms with Gasteiger partial charge in [-0.2, -0.15) is 0 Å². The number of carbonyl (C=O) groups excluding carboxylic acids is 1. The van der Waals surface area contributed by atoms with E-state index in [1.54, 1.807) is 20.2 Å². The van der Waals surface area contributed by atoms with E-state index in [-0.39, 0.29) is 24.1 Å². The molecule has 180 valence electrons. The number of rotatable bonds is 9. The van der Waals surface area contributed by atoms with E-state index in [9.17, 15) is 18.0 Å². The number of amides is 1. The molecule has 2 aromatic rings. The lowest BCUT2D eigenvalue weighted by molar-refractivity contribution is -0.130. The summed E-state index contributed by atoms with van der Waals surface area (Å²) < 4.78 is 37.7. The summed E-state index contributed by atoms with van der Waals surface area (Å²) in [6, 6.07) is 7.19. The first kappa shape index (κ1) is 24.8. The molecule has 0 saturated carbocycles. The molecule has 1 aromatic heterocycles. The second kappa shape index (κ2) is 11.3. The molecular weight excluding hydrogens is 446 g/mol. The molecule has 1 N–H and O–H groups in total. The molecule has 1 aliphatic rings. The first-order valence-electron chi connectivity index (χ1n) is 11.0. The topological polar surface area (TPSA) is 107 Å². The quantitative estimate of drug-likeness (QED) is 0.530. The van der Waals surface area contributed by atoms with Crippen LogP contribution in [0, 0.1) is 0 Å². The maximum Gasteiger partial charge on any atom is 0.254 e. The van der Waals surface area contributed by atoms with Crippen molar-refractivity contribution in [3.8, 4) is 22.6 Å². The first-order chi connectivity index (χ1) is 15.8. The highest BCUT2D eigenvalue weighted by Gasteiger charge is 2.24. The van der Waals surface area contributed by atoms with Crippen molar-refractivity contribution in [2.24, 2.45) is 7.05 Å². The fourth-order valence-electron chi connectivity index (χ4n) is 3.90. The highest BCUT2D eigenvalue weighted by atomic mass is 32.2. The summed E-state index contributed by atoms with van der Waals surface area (Å²) in [5.41, 5.74) is 2.23. The summed E-state index contributed by atoms with van der Waals surface area (Å²) in [5, 5.41) is 0. The lowest BCUT2D eigenvalue weighted by Crippen LogP contribution is -2.40. The van der Waals surface area contributed by atoms with E-state index < -0.39 is 10.9 Å². The number of hydrogen-bond acceptors (Lipinski definition) is 6. The molecule has 0 aliphatic carbocycles. The molecule has 3 rings (SSSR count). The van der Waals surface area contributed by atoms with Gasteiger partial charge in [-0.3, -0.25) is 9.59 Å². The van der Waals surface area contributed by atoms with Gasteiger partial charge in [-0.05, 0) is 31.0 Å². The number of aryl methyl sites for hydroxylation is 1. The van der Waals surface area contributed by atoms with Crippen LogP contribution in [0.5, 0.6) is 11.5 Å². The number of carbonyl (C=O) groups is 1. The van der Waals surface area contributed by atoms with Crippen molar-refractivity contribution in [1.29, 1.82) is 0 Å². The van der Waals surface area contributed by atoms with Crippen molar-refractivity contribution < 1.29 is 22.7 Å². The van der Waals surface area contributed by atoms with Crippen molar-refractivity contribution in [2.45, 2.75) is 39.2 Å². The minimum atomic E-state index is -2.65. The maximum atomic E-state index is 12.2. The van der Waals surface area contributed by atoms with Gasteiger partial charge >= 0.3 is 0 Å². The Morgan fingerprint density at radius 2 is 1.88 bits per heavy atom. The third-order valence-corrected chi connectivity index (χ3v) is 6.14. The standard InChI is InChI=1S/C23H31N3O6S/c1-4-31-22-14-23(28)25(3)15-20(22)19-13-17(7-10-24-33(29)30)5-6-21(19)32-18-8-11-26(12-9-18)16(2)27/h5-6,13-15,18,33H,4,7-12H2,1-3H3,(H,24,29,30). The monoisotopic (exact) mass is 477 g/mol. The first-order valence-corrected chi connectivity index (χ1v) is 12.2. The fraction of sp³-hybridized carbons (Fsp3) is 0.478. The van der Waals surface area contributed by atoms with Gasteiger partial charge in [0.25, 0.3) is 5.56 Å². The Kier molecular flexibility index (Phi) is 8.51. The molecule has 9 nitrogen and oxygen atoms in total. The number of nitrogens with one attached hydrogen (secondary N) is 1. The molecule has 0 atom stereocenters. The Morgan fingerprint density at radius 1 is 1.15 bits per heavy atom. The average molecular weight is 478 g/mol. The van der Waals surface area contributed by atoms with E-state index in [2.05, 4.69) is 4.72 Å². The van der Waals surface area contributed by atoms with E-state index in [4.69, 9.17) is 9.47 Å². The van der Waals surface area contributed by atoms with Gasteiger partial charge in [0.05, 0.1) is 6.61 Å². The van der Waals surface area contributed by atoms with Gasteiger partial charge in [0, 0.05) is 69.8 Å². The van der Waals surface area contributed by atoms with Gasteiger partial charge in [0.1, 0.15) is 17.6 Å². The number of hydrogen-bond donors (Lipinski definition) is 2. The molecule has 1 amide bonds. The molecule has 1 aliphatic heterocycles. The molecule has 1 fully saturated rings. The minimum absolute atomic E-state index is 0.0422. The molecular formula is C23H31N3O6S. The summed E-state index contributed by atoms with van der Waals surface area (Å²) in [6.07, 6.45) is 3.65. The number of benzene rings is 1. The van der Waals surface area contributed by atoms with Crippen LogP contribution in [0.4, 0.5) is 0 Å². The highest BCUT2D eigenvalue weighted by Crippen LogP contribution is 2.37. The van der Waals surface area contributed by atoms with Crippen LogP contribution >= 0.6 is 0 Å². The van der Waals surface area contributed by atoms with Crippen LogP contribution in [0.3, 0.4) is 0 Å². The van der Waals surface area contributed by atoms with Gasteiger partial charge in [0.15, 0.2) is 0 Å². The number of aromatic nitrogens is 1. The summed E-state index contributed by atoms with van der Waals surface area (Å²) in [5.74, 6) is 1.19. The van der Waals surface area contributed by atoms with E-state index in [1.165, 1.54) is 10.6 Å². The van der Waals surface area contributed by atoms with Crippen molar-refractivity contribution >= 4 is 16.8 Å². The van der Waals surface area contributed by atoms with Crippen molar-refractivity contribution in [3.63, 3.8) is 0 Å². The summed E-state index contributed by atoms with van der Waals surface area (Å²) in [6.45, 7) is 5.42. The van der Waals surface area contributed by atoms with Crippen LogP contribution < -0.4 is 19.8 Å². The van der Waals surface area contributed by atoms with Gasteiger partial charge in [-0.15, -0.1) is 0 Å². The second-order valence-electron chi connectivity index (χ2n) is 8.00. The zero-order valence-corrected chi connectivity index (χ0v) is 20.1. The van der Waals surface area contributed by atoms with Gasteiger partial charge in [-0.1, -0.05) is 6.07 Å². The predicted molar refractivity (Wildman–Crippen MR) is 126 cm³/mol. The third-order valence-electron chi connectivity index (χ3n) is 5.66. The number of likely N-dealkylation sites (tertiary alicyclic amines) is 1. The number of pyridine rings is 1. The van der Waals surface area contributed by atoms with Crippen LogP contribution in [0.25, 0.3) is 11.1 Å². The predicted octanol–water partition coefficient (Wildman–Crippen LogP) is 1.50. The van der Waals surface area contributed by atoms with Gasteiger partial charge in [0.2, 0.25) is 16.8 Å². The Morgan fingerprint density at radius 3 is 2.52 bits per heavy atom. The fourth-order valence-corrected chi connectivity index (χ4v) is 4.19. The maximum absolute atomic E-state index is 12.2. The SMILES string of the molecule is CCOc1cc(=O)n(C)cc1-c1cc(CCN[SH](=O)=O)ccc1OC1CCN(C(C)=O)CC1. The van der Waals surface area contributed by atoms with Crippen LogP contribution in [-0.2, 0) is 29.2 Å². The Balaban J connectivity index is 1.95. The molecule has 33 heavy (non-hydrogen) atoms. The lowest BCUT2D eigenvalue weighted by atomic mass is 10.00. The summed E-state index contributed by atoms with van der Waals surface area (Å²) in [7, 11) is -0.975. The van der Waals surface area contributed by atoms with Crippen LogP contribution in [0.2, 0.25) is 0 Å². The van der Waals surface area contributed by atoms with Crippen LogP contribution in [-0.4, -0.2) is 56.1 Å². The zero-order chi connectivity index (χ0) is 24.0. The van der Waals surface area contributed by atoms with E-state index in [0.29, 0.717) is 37.6 Å². The molecule has 1 saturated heterocycles. The van der Waals surface area contributed by atoms with Crippen molar-refractivity contribution in [1.82, 2.24) is 14.2 Å². The van der Waals surface area contributed by atoms with E-state index in [0.717, 1.165) is 29.5 Å². The van der Waals surface area contributed by atoms with E-state index in [1.807, 2.05) is 30.0 Å². The van der Waals surface area contributed by atoms with Gasteiger partial charge in [-0.25, -0.2) is 13.1 Å².